The van der Waals surface area contributed by atoms with E-state index in [4.69, 9.17) is 0 Å². The van der Waals surface area contributed by atoms with Crippen LogP contribution in [0.15, 0.2) is 16.8 Å². The zero-order valence-electron chi connectivity index (χ0n) is 8.04. The highest BCUT2D eigenvalue weighted by Crippen LogP contribution is 2.09. The van der Waals surface area contributed by atoms with Crippen LogP contribution >= 0.6 is 11.3 Å². The third-order valence-corrected chi connectivity index (χ3v) is 2.84. The Morgan fingerprint density at radius 2 is 2.46 bits per heavy atom. The van der Waals surface area contributed by atoms with Crippen molar-refractivity contribution in [3.8, 4) is 0 Å². The molecule has 0 spiro atoms. The summed E-state index contributed by atoms with van der Waals surface area (Å²) in [4.78, 5) is 11.4. The smallest absolute Gasteiger partial charge is 0.149 e. The molecule has 1 atom stereocenters. The van der Waals surface area contributed by atoms with Crippen molar-refractivity contribution in [1.29, 1.82) is 0 Å². The van der Waals surface area contributed by atoms with Crippen LogP contribution in [-0.2, 0) is 11.2 Å². The second-order valence-corrected chi connectivity index (χ2v) is 3.78. The summed E-state index contributed by atoms with van der Waals surface area (Å²) in [5.74, 6) is 0.286. The van der Waals surface area contributed by atoms with Gasteiger partial charge < -0.3 is 5.32 Å². The fourth-order valence-corrected chi connectivity index (χ4v) is 1.95. The van der Waals surface area contributed by atoms with E-state index in [0.717, 1.165) is 6.42 Å². The van der Waals surface area contributed by atoms with Crippen molar-refractivity contribution in [3.05, 3.63) is 22.4 Å². The first-order chi connectivity index (χ1) is 6.27. The SMILES string of the molecule is CCC(=O)C(Cc1ccsc1)NC. The molecule has 1 heterocycles. The van der Waals surface area contributed by atoms with Crippen LogP contribution in [0.5, 0.6) is 0 Å². The van der Waals surface area contributed by atoms with Crippen LogP contribution in [0.1, 0.15) is 18.9 Å². The van der Waals surface area contributed by atoms with Gasteiger partial charge in [0.05, 0.1) is 6.04 Å². The highest BCUT2D eigenvalue weighted by molar-refractivity contribution is 7.07. The van der Waals surface area contributed by atoms with Crippen LogP contribution in [0, 0.1) is 0 Å². The number of Topliss-reactive ketones (excluding diaryl/α,β-unsaturated/α-hetero) is 1. The molecule has 1 aromatic rings. The van der Waals surface area contributed by atoms with Gasteiger partial charge in [-0.25, -0.2) is 0 Å². The van der Waals surface area contributed by atoms with Gasteiger partial charge in [-0.2, -0.15) is 11.3 Å². The minimum Gasteiger partial charge on any atom is -0.310 e. The van der Waals surface area contributed by atoms with Crippen molar-refractivity contribution in [2.24, 2.45) is 0 Å². The van der Waals surface area contributed by atoms with Gasteiger partial charge >= 0.3 is 0 Å². The lowest BCUT2D eigenvalue weighted by Crippen LogP contribution is -2.35. The van der Waals surface area contributed by atoms with E-state index >= 15 is 0 Å². The molecule has 0 aliphatic carbocycles. The van der Waals surface area contributed by atoms with Gasteiger partial charge in [-0.1, -0.05) is 6.92 Å². The largest absolute Gasteiger partial charge is 0.310 e. The number of thiophene rings is 1. The third kappa shape index (κ3) is 2.94. The van der Waals surface area contributed by atoms with Crippen molar-refractivity contribution in [1.82, 2.24) is 5.32 Å². The van der Waals surface area contributed by atoms with E-state index in [9.17, 15) is 4.79 Å². The molecule has 1 N–H and O–H groups in total. The third-order valence-electron chi connectivity index (χ3n) is 2.11. The van der Waals surface area contributed by atoms with Crippen LogP contribution in [0.3, 0.4) is 0 Å². The molecule has 13 heavy (non-hydrogen) atoms. The topological polar surface area (TPSA) is 29.1 Å². The molecule has 0 aromatic carbocycles. The van der Waals surface area contributed by atoms with E-state index in [-0.39, 0.29) is 11.8 Å². The molecule has 0 saturated carbocycles. The van der Waals surface area contributed by atoms with E-state index in [1.807, 2.05) is 19.4 Å². The van der Waals surface area contributed by atoms with E-state index < -0.39 is 0 Å². The van der Waals surface area contributed by atoms with Crippen LogP contribution in [0.2, 0.25) is 0 Å². The molecule has 0 aliphatic rings. The molecular weight excluding hydrogens is 182 g/mol. The van der Waals surface area contributed by atoms with Crippen LogP contribution in [0.4, 0.5) is 0 Å². The number of ketones is 1. The van der Waals surface area contributed by atoms with Crippen molar-refractivity contribution in [2.45, 2.75) is 25.8 Å². The Hall–Kier alpha value is -0.670. The molecule has 2 nitrogen and oxygen atoms in total. The lowest BCUT2D eigenvalue weighted by atomic mass is 10.0. The summed E-state index contributed by atoms with van der Waals surface area (Å²) >= 11 is 1.67. The molecule has 0 aliphatic heterocycles. The van der Waals surface area contributed by atoms with Gasteiger partial charge in [-0.05, 0) is 35.9 Å². The van der Waals surface area contributed by atoms with Gasteiger partial charge in [0, 0.05) is 6.42 Å². The number of hydrogen-bond donors (Lipinski definition) is 1. The van der Waals surface area contributed by atoms with E-state index in [1.165, 1.54) is 5.56 Å². The average molecular weight is 197 g/mol. The highest BCUT2D eigenvalue weighted by atomic mass is 32.1. The fraction of sp³-hybridized carbons (Fsp3) is 0.500. The lowest BCUT2D eigenvalue weighted by Gasteiger charge is -2.12. The summed E-state index contributed by atoms with van der Waals surface area (Å²) in [5, 5.41) is 7.18. The van der Waals surface area contributed by atoms with Gasteiger partial charge in [0.25, 0.3) is 0 Å². The van der Waals surface area contributed by atoms with Gasteiger partial charge in [0.2, 0.25) is 0 Å². The Labute approximate surface area is 83.0 Å². The first-order valence-electron chi connectivity index (χ1n) is 4.49. The van der Waals surface area contributed by atoms with Crippen molar-refractivity contribution in [2.75, 3.05) is 7.05 Å². The summed E-state index contributed by atoms with van der Waals surface area (Å²) in [6.07, 6.45) is 1.42. The Kier molecular flexibility index (Phi) is 4.12. The quantitative estimate of drug-likeness (QED) is 0.780. The minimum absolute atomic E-state index is 0.0143. The predicted octanol–water partition coefficient (Wildman–Crippen LogP) is 1.86. The zero-order chi connectivity index (χ0) is 9.68. The Morgan fingerprint density at radius 1 is 1.69 bits per heavy atom. The number of rotatable bonds is 5. The average Bonchev–Trinajstić information content (AvgIpc) is 2.65. The normalized spacial score (nSPS) is 12.8. The molecule has 1 aromatic heterocycles. The summed E-state index contributed by atoms with van der Waals surface area (Å²) < 4.78 is 0. The molecule has 72 valence electrons. The standard InChI is InChI=1S/C10H15NOS/c1-3-10(12)9(11-2)6-8-4-5-13-7-8/h4-5,7,9,11H,3,6H2,1-2H3. The first kappa shape index (κ1) is 10.4. The maximum Gasteiger partial charge on any atom is 0.149 e. The van der Waals surface area contributed by atoms with Gasteiger partial charge in [0.1, 0.15) is 5.78 Å². The number of likely N-dealkylation sites (N-methyl/N-ethyl adjacent to an activating group) is 1. The Balaban J connectivity index is 2.54. The van der Waals surface area contributed by atoms with Crippen LogP contribution in [0.25, 0.3) is 0 Å². The van der Waals surface area contributed by atoms with Crippen LogP contribution in [-0.4, -0.2) is 18.9 Å². The Morgan fingerprint density at radius 3 is 2.92 bits per heavy atom. The first-order valence-corrected chi connectivity index (χ1v) is 5.43. The van der Waals surface area contributed by atoms with Gasteiger partial charge in [0.15, 0.2) is 0 Å². The predicted molar refractivity (Wildman–Crippen MR) is 56.2 cm³/mol. The summed E-state index contributed by atoms with van der Waals surface area (Å²) in [7, 11) is 1.84. The molecule has 1 unspecified atom stereocenters. The molecule has 1 rings (SSSR count). The van der Waals surface area contributed by atoms with E-state index in [1.54, 1.807) is 11.3 Å². The molecule has 0 bridgehead atoms. The second kappa shape index (κ2) is 5.14. The fourth-order valence-electron chi connectivity index (χ4n) is 1.27. The summed E-state index contributed by atoms with van der Waals surface area (Å²) in [6.45, 7) is 1.90. The highest BCUT2D eigenvalue weighted by Gasteiger charge is 2.14. The monoisotopic (exact) mass is 197 g/mol. The maximum atomic E-state index is 11.4. The number of nitrogens with one attached hydrogen (secondary N) is 1. The lowest BCUT2D eigenvalue weighted by molar-refractivity contribution is -0.120. The maximum absolute atomic E-state index is 11.4. The molecular formula is C10H15NOS. The molecule has 0 fully saturated rings. The van der Waals surface area contributed by atoms with E-state index in [2.05, 4.69) is 16.8 Å². The number of hydrogen-bond acceptors (Lipinski definition) is 3. The number of carbonyl (C=O) groups excluding carboxylic acids is 1. The number of carbonyl (C=O) groups is 1. The van der Waals surface area contributed by atoms with Crippen molar-refractivity contribution < 1.29 is 4.79 Å². The van der Waals surface area contributed by atoms with Gasteiger partial charge in [-0.15, -0.1) is 0 Å². The Bertz CT molecular complexity index is 256. The zero-order valence-corrected chi connectivity index (χ0v) is 8.86. The van der Waals surface area contributed by atoms with Crippen LogP contribution < -0.4 is 5.32 Å². The summed E-state index contributed by atoms with van der Waals surface area (Å²) in [5.41, 5.74) is 1.24. The minimum atomic E-state index is -0.0143. The van der Waals surface area contributed by atoms with Crippen molar-refractivity contribution >= 4 is 17.1 Å². The molecule has 0 saturated heterocycles. The summed E-state index contributed by atoms with van der Waals surface area (Å²) in [6, 6.07) is 2.05. The van der Waals surface area contributed by atoms with E-state index in [0.29, 0.717) is 6.42 Å². The molecule has 0 radical (unpaired) electrons. The second-order valence-electron chi connectivity index (χ2n) is 3.00. The molecule has 3 heteroatoms. The van der Waals surface area contributed by atoms with Crippen molar-refractivity contribution in [3.63, 3.8) is 0 Å². The van der Waals surface area contributed by atoms with Gasteiger partial charge in [-0.3, -0.25) is 4.79 Å². The molecule has 0 amide bonds.